The minimum absolute atomic E-state index is 0.111. The summed E-state index contributed by atoms with van der Waals surface area (Å²) in [7, 11) is -3.66. The van der Waals surface area contributed by atoms with Crippen molar-refractivity contribution in [2.75, 3.05) is 5.73 Å². The van der Waals surface area contributed by atoms with Gasteiger partial charge in [-0.25, -0.2) is 13.1 Å². The van der Waals surface area contributed by atoms with Crippen LogP contribution in [0.1, 0.15) is 16.7 Å². The predicted molar refractivity (Wildman–Crippen MR) is 85.8 cm³/mol. The van der Waals surface area contributed by atoms with Gasteiger partial charge in [0.2, 0.25) is 10.0 Å². The first-order valence-electron chi connectivity index (χ1n) is 6.40. The zero-order valence-electron chi connectivity index (χ0n) is 11.9. The van der Waals surface area contributed by atoms with Crippen molar-refractivity contribution in [1.82, 2.24) is 4.72 Å². The van der Waals surface area contributed by atoms with E-state index < -0.39 is 10.0 Å². The normalized spacial score (nSPS) is 11.6. The fourth-order valence-corrected chi connectivity index (χ4v) is 3.64. The van der Waals surface area contributed by atoms with Crippen LogP contribution >= 0.6 is 11.6 Å². The first-order chi connectivity index (χ1) is 9.79. The molecular formula is C15H17ClN2O2S. The van der Waals surface area contributed by atoms with Crippen LogP contribution in [0.25, 0.3) is 0 Å². The molecule has 0 saturated carbocycles. The highest BCUT2D eigenvalue weighted by molar-refractivity contribution is 7.89. The SMILES string of the molecule is Cc1cccc(CNS(=O)(=O)c2cc(Cl)cc(N)c2C)c1. The molecular weight excluding hydrogens is 308 g/mol. The van der Waals surface area contributed by atoms with Crippen LogP contribution in [0.2, 0.25) is 5.02 Å². The second kappa shape index (κ2) is 6.05. The van der Waals surface area contributed by atoms with Crippen LogP contribution in [-0.4, -0.2) is 8.42 Å². The Morgan fingerprint density at radius 2 is 1.90 bits per heavy atom. The third-order valence-corrected chi connectivity index (χ3v) is 4.95. The maximum Gasteiger partial charge on any atom is 0.241 e. The molecule has 2 aromatic carbocycles. The number of nitrogens with two attached hydrogens (primary N) is 1. The molecule has 0 fully saturated rings. The minimum Gasteiger partial charge on any atom is -0.398 e. The van der Waals surface area contributed by atoms with Crippen LogP contribution in [0.3, 0.4) is 0 Å². The maximum atomic E-state index is 12.4. The van der Waals surface area contributed by atoms with Gasteiger partial charge in [0.15, 0.2) is 0 Å². The van der Waals surface area contributed by atoms with E-state index in [0.717, 1.165) is 11.1 Å². The molecule has 0 radical (unpaired) electrons. The van der Waals surface area contributed by atoms with E-state index >= 15 is 0 Å². The molecule has 4 nitrogen and oxygen atoms in total. The fraction of sp³-hybridized carbons (Fsp3) is 0.200. The Labute approximate surface area is 130 Å². The zero-order valence-corrected chi connectivity index (χ0v) is 13.4. The summed E-state index contributed by atoms with van der Waals surface area (Å²) in [5.74, 6) is 0. The maximum absolute atomic E-state index is 12.4. The number of hydrogen-bond acceptors (Lipinski definition) is 3. The number of rotatable bonds is 4. The van der Waals surface area contributed by atoms with E-state index in [1.165, 1.54) is 12.1 Å². The molecule has 0 aliphatic rings. The first kappa shape index (κ1) is 15.8. The summed E-state index contributed by atoms with van der Waals surface area (Å²) >= 11 is 5.89. The molecule has 6 heteroatoms. The molecule has 112 valence electrons. The van der Waals surface area contributed by atoms with E-state index in [1.807, 2.05) is 31.2 Å². The van der Waals surface area contributed by atoms with E-state index in [-0.39, 0.29) is 11.4 Å². The third kappa shape index (κ3) is 3.75. The lowest BCUT2D eigenvalue weighted by molar-refractivity contribution is 0.580. The Morgan fingerprint density at radius 1 is 1.19 bits per heavy atom. The van der Waals surface area contributed by atoms with Crippen molar-refractivity contribution in [2.45, 2.75) is 25.3 Å². The molecule has 0 amide bonds. The van der Waals surface area contributed by atoms with Crippen molar-refractivity contribution in [3.63, 3.8) is 0 Å². The van der Waals surface area contributed by atoms with Crippen molar-refractivity contribution in [3.8, 4) is 0 Å². The Bertz CT molecular complexity index is 773. The highest BCUT2D eigenvalue weighted by Gasteiger charge is 2.18. The average Bonchev–Trinajstić information content (AvgIpc) is 2.41. The summed E-state index contributed by atoms with van der Waals surface area (Å²) in [5, 5.41) is 0.300. The van der Waals surface area contributed by atoms with Gasteiger partial charge in [-0.1, -0.05) is 41.4 Å². The van der Waals surface area contributed by atoms with Crippen molar-refractivity contribution in [3.05, 3.63) is 58.1 Å². The van der Waals surface area contributed by atoms with Gasteiger partial charge in [0, 0.05) is 17.3 Å². The fourth-order valence-electron chi connectivity index (χ4n) is 2.03. The monoisotopic (exact) mass is 324 g/mol. The summed E-state index contributed by atoms with van der Waals surface area (Å²) in [5.41, 5.74) is 8.60. The van der Waals surface area contributed by atoms with Crippen LogP contribution in [0.15, 0.2) is 41.3 Å². The van der Waals surface area contributed by atoms with E-state index in [1.54, 1.807) is 6.92 Å². The summed E-state index contributed by atoms with van der Waals surface area (Å²) < 4.78 is 27.4. The van der Waals surface area contributed by atoms with Crippen molar-refractivity contribution in [2.24, 2.45) is 0 Å². The van der Waals surface area contributed by atoms with Gasteiger partial charge >= 0.3 is 0 Å². The Balaban J connectivity index is 2.27. The van der Waals surface area contributed by atoms with Gasteiger partial charge < -0.3 is 5.73 Å². The topological polar surface area (TPSA) is 72.2 Å². The van der Waals surface area contributed by atoms with E-state index in [0.29, 0.717) is 16.3 Å². The van der Waals surface area contributed by atoms with E-state index in [9.17, 15) is 8.42 Å². The molecule has 21 heavy (non-hydrogen) atoms. The van der Waals surface area contributed by atoms with Gasteiger partial charge in [0.25, 0.3) is 0 Å². The number of aryl methyl sites for hydroxylation is 1. The molecule has 0 spiro atoms. The largest absolute Gasteiger partial charge is 0.398 e. The molecule has 0 aromatic heterocycles. The van der Waals surface area contributed by atoms with Crippen LogP contribution < -0.4 is 10.5 Å². The smallest absolute Gasteiger partial charge is 0.241 e. The Hall–Kier alpha value is -1.56. The lowest BCUT2D eigenvalue weighted by Crippen LogP contribution is -2.24. The summed E-state index contributed by atoms with van der Waals surface area (Å²) in [6.45, 7) is 3.84. The Morgan fingerprint density at radius 3 is 2.57 bits per heavy atom. The number of sulfonamides is 1. The number of benzene rings is 2. The number of hydrogen-bond donors (Lipinski definition) is 2. The minimum atomic E-state index is -3.66. The lowest BCUT2D eigenvalue weighted by atomic mass is 10.1. The second-order valence-electron chi connectivity index (χ2n) is 4.93. The van der Waals surface area contributed by atoms with Gasteiger partial charge in [0.05, 0.1) is 4.90 Å². The lowest BCUT2D eigenvalue weighted by Gasteiger charge is -2.12. The molecule has 0 heterocycles. The van der Waals surface area contributed by atoms with Crippen LogP contribution in [0.5, 0.6) is 0 Å². The van der Waals surface area contributed by atoms with Gasteiger partial charge in [-0.15, -0.1) is 0 Å². The van der Waals surface area contributed by atoms with Crippen LogP contribution in [-0.2, 0) is 16.6 Å². The predicted octanol–water partition coefficient (Wildman–Crippen LogP) is 3.02. The molecule has 0 unspecified atom stereocenters. The molecule has 3 N–H and O–H groups in total. The molecule has 2 aromatic rings. The third-order valence-electron chi connectivity index (χ3n) is 3.20. The van der Waals surface area contributed by atoms with Gasteiger partial charge in [-0.2, -0.15) is 0 Å². The number of nitrogens with one attached hydrogen (secondary N) is 1. The molecule has 0 bridgehead atoms. The van der Waals surface area contributed by atoms with Gasteiger partial charge in [0.1, 0.15) is 0 Å². The molecule has 0 saturated heterocycles. The highest BCUT2D eigenvalue weighted by atomic mass is 35.5. The number of nitrogen functional groups attached to an aromatic ring is 1. The molecule has 0 atom stereocenters. The number of anilines is 1. The molecule has 2 rings (SSSR count). The molecule has 0 aliphatic heterocycles. The quantitative estimate of drug-likeness (QED) is 0.849. The summed E-state index contributed by atoms with van der Waals surface area (Å²) in [6, 6.07) is 10.6. The number of halogens is 1. The standard InChI is InChI=1S/C15H17ClN2O2S/c1-10-4-3-5-12(6-10)9-18-21(19,20)15-8-13(16)7-14(17)11(15)2/h3-8,18H,9,17H2,1-2H3. The summed E-state index contributed by atoms with van der Waals surface area (Å²) in [6.07, 6.45) is 0. The van der Waals surface area contributed by atoms with Gasteiger partial charge in [-0.05, 0) is 37.1 Å². The van der Waals surface area contributed by atoms with Crippen molar-refractivity contribution in [1.29, 1.82) is 0 Å². The Kier molecular flexibility index (Phi) is 4.56. The van der Waals surface area contributed by atoms with Crippen LogP contribution in [0, 0.1) is 13.8 Å². The van der Waals surface area contributed by atoms with Crippen LogP contribution in [0.4, 0.5) is 5.69 Å². The van der Waals surface area contributed by atoms with E-state index in [4.69, 9.17) is 17.3 Å². The van der Waals surface area contributed by atoms with Gasteiger partial charge in [-0.3, -0.25) is 0 Å². The van der Waals surface area contributed by atoms with Crippen molar-refractivity contribution < 1.29 is 8.42 Å². The summed E-state index contributed by atoms with van der Waals surface area (Å²) in [4.78, 5) is 0.111. The zero-order chi connectivity index (χ0) is 15.6. The average molecular weight is 325 g/mol. The molecule has 0 aliphatic carbocycles. The second-order valence-corrected chi connectivity index (χ2v) is 7.10. The first-order valence-corrected chi connectivity index (χ1v) is 8.26. The highest BCUT2D eigenvalue weighted by Crippen LogP contribution is 2.26. The van der Waals surface area contributed by atoms with E-state index in [2.05, 4.69) is 4.72 Å². The van der Waals surface area contributed by atoms with Crippen molar-refractivity contribution >= 4 is 27.3 Å².